The number of benzene rings is 1. The average molecular weight is 462 g/mol. The van der Waals surface area contributed by atoms with Crippen molar-refractivity contribution in [3.8, 4) is 0 Å². The predicted molar refractivity (Wildman–Crippen MR) is 115 cm³/mol. The Morgan fingerprint density at radius 3 is 2.85 bits per heavy atom. The Kier molecular flexibility index (Phi) is 5.73. The van der Waals surface area contributed by atoms with E-state index in [1.165, 1.54) is 6.07 Å². The standard InChI is InChI=1S/C22H25F3N6O2/c23-13-3-4-15(20(24)25)16(10-13)18-2-1-7-30(18)19-6-9-31-21(28-19)17(11-26-31)27-22(33)29-8-5-14(32)12-29/h3-4,6,9-11,14,17-18,20-21,32H,1-2,5,7-8,12H2,(H,27,33)/t14-,17?,18-,21?/m1/s1. The summed E-state index contributed by atoms with van der Waals surface area (Å²) in [7, 11) is 0. The zero-order valence-corrected chi connectivity index (χ0v) is 17.8. The number of likely N-dealkylation sites (tertiary alicyclic amines) is 2. The van der Waals surface area contributed by atoms with Gasteiger partial charge >= 0.3 is 6.03 Å². The molecule has 4 atom stereocenters. The maximum Gasteiger partial charge on any atom is 0.318 e. The number of nitrogens with one attached hydrogen (secondary N) is 1. The number of nitrogens with zero attached hydrogens (tertiary/aromatic N) is 5. The number of hydrazone groups is 1. The molecule has 4 heterocycles. The minimum Gasteiger partial charge on any atom is -0.391 e. The molecule has 0 saturated carbocycles. The van der Waals surface area contributed by atoms with E-state index < -0.39 is 36.6 Å². The lowest BCUT2D eigenvalue weighted by molar-refractivity contribution is 0.148. The number of carbonyl (C=O) groups is 1. The van der Waals surface area contributed by atoms with Crippen molar-refractivity contribution in [3.63, 3.8) is 0 Å². The molecule has 11 heteroatoms. The maximum absolute atomic E-state index is 13.9. The first kappa shape index (κ1) is 21.7. The molecule has 4 aliphatic rings. The summed E-state index contributed by atoms with van der Waals surface area (Å²) in [5, 5.41) is 18.5. The van der Waals surface area contributed by atoms with Crippen LogP contribution in [0.15, 0.2) is 40.6 Å². The molecule has 1 aromatic rings. The Hall–Kier alpha value is -3.08. The van der Waals surface area contributed by atoms with Crippen molar-refractivity contribution in [1.29, 1.82) is 0 Å². The summed E-state index contributed by atoms with van der Waals surface area (Å²) in [5.74, 6) is 0.0390. The second kappa shape index (κ2) is 8.69. The highest BCUT2D eigenvalue weighted by Crippen LogP contribution is 2.38. The number of carbonyl (C=O) groups excluding carboxylic acids is 1. The lowest BCUT2D eigenvalue weighted by Gasteiger charge is -2.33. The molecule has 0 radical (unpaired) electrons. The van der Waals surface area contributed by atoms with Gasteiger partial charge in [0.25, 0.3) is 6.43 Å². The number of aliphatic hydroxyl groups is 1. The molecule has 2 fully saturated rings. The van der Waals surface area contributed by atoms with E-state index >= 15 is 0 Å². The third-order valence-electron chi connectivity index (χ3n) is 6.52. The summed E-state index contributed by atoms with van der Waals surface area (Å²) in [6.07, 6.45) is 3.30. The first-order valence-corrected chi connectivity index (χ1v) is 11.1. The summed E-state index contributed by atoms with van der Waals surface area (Å²) in [5.41, 5.74) is 0.110. The molecule has 2 N–H and O–H groups in total. The van der Waals surface area contributed by atoms with Crippen LogP contribution in [-0.4, -0.2) is 75.9 Å². The summed E-state index contributed by atoms with van der Waals surface area (Å²) in [4.78, 5) is 20.8. The first-order chi connectivity index (χ1) is 15.9. The Balaban J connectivity index is 1.36. The Morgan fingerprint density at radius 1 is 1.24 bits per heavy atom. The SMILES string of the molecule is O=C(NC1C=NN2C=CC(N3CCC[C@@H]3c3cc(F)ccc3C(F)F)=NC12)N1CC[C@@H](O)C1. The Bertz CT molecular complexity index is 1020. The molecule has 1 aromatic carbocycles. The molecule has 2 unspecified atom stereocenters. The molecule has 0 aromatic heterocycles. The molecule has 2 amide bonds. The van der Waals surface area contributed by atoms with E-state index in [1.807, 2.05) is 4.90 Å². The molecule has 0 spiro atoms. The largest absolute Gasteiger partial charge is 0.391 e. The van der Waals surface area contributed by atoms with Crippen LogP contribution in [0.25, 0.3) is 0 Å². The predicted octanol–water partition coefficient (Wildman–Crippen LogP) is 2.60. The number of urea groups is 1. The fourth-order valence-corrected chi connectivity index (χ4v) is 4.89. The number of rotatable bonds is 3. The lowest BCUT2D eigenvalue weighted by atomic mass is 9.98. The van der Waals surface area contributed by atoms with Crippen LogP contribution in [0.1, 0.15) is 42.9 Å². The summed E-state index contributed by atoms with van der Waals surface area (Å²) < 4.78 is 41.2. The van der Waals surface area contributed by atoms with Crippen molar-refractivity contribution in [3.05, 3.63) is 47.4 Å². The van der Waals surface area contributed by atoms with Crippen molar-refractivity contribution in [1.82, 2.24) is 20.1 Å². The van der Waals surface area contributed by atoms with Crippen LogP contribution in [-0.2, 0) is 0 Å². The fourth-order valence-electron chi connectivity index (χ4n) is 4.89. The van der Waals surface area contributed by atoms with E-state index in [9.17, 15) is 23.1 Å². The molecule has 8 nitrogen and oxygen atoms in total. The third kappa shape index (κ3) is 4.17. The van der Waals surface area contributed by atoms with Gasteiger partial charge in [-0.25, -0.2) is 28.0 Å². The van der Waals surface area contributed by atoms with Crippen LogP contribution in [0.4, 0.5) is 18.0 Å². The smallest absolute Gasteiger partial charge is 0.318 e. The van der Waals surface area contributed by atoms with Crippen LogP contribution in [0.2, 0.25) is 0 Å². The number of amides is 2. The van der Waals surface area contributed by atoms with Crippen molar-refractivity contribution in [2.24, 2.45) is 10.1 Å². The number of β-amino-alcohol motifs (C(OH)–C–C–N with tert-alkyl or cyclic N) is 1. The second-order valence-corrected chi connectivity index (χ2v) is 8.65. The van der Waals surface area contributed by atoms with Crippen molar-refractivity contribution < 1.29 is 23.1 Å². The van der Waals surface area contributed by atoms with Gasteiger partial charge in [0.2, 0.25) is 0 Å². The van der Waals surface area contributed by atoms with E-state index in [2.05, 4.69) is 10.4 Å². The summed E-state index contributed by atoms with van der Waals surface area (Å²) in [6.45, 7) is 1.37. The minimum atomic E-state index is -2.70. The van der Waals surface area contributed by atoms with Crippen LogP contribution < -0.4 is 5.32 Å². The van der Waals surface area contributed by atoms with Gasteiger partial charge in [0.05, 0.1) is 18.4 Å². The lowest BCUT2D eigenvalue weighted by Crippen LogP contribution is -2.51. The topological polar surface area (TPSA) is 83.8 Å². The van der Waals surface area contributed by atoms with Gasteiger partial charge in [-0.05, 0) is 43.0 Å². The van der Waals surface area contributed by atoms with Gasteiger partial charge in [0.15, 0.2) is 6.17 Å². The van der Waals surface area contributed by atoms with Crippen molar-refractivity contribution in [2.45, 2.75) is 50.0 Å². The van der Waals surface area contributed by atoms with Crippen LogP contribution >= 0.6 is 0 Å². The Labute approximate surface area is 189 Å². The number of halogens is 3. The van der Waals surface area contributed by atoms with Crippen LogP contribution in [0.5, 0.6) is 0 Å². The monoisotopic (exact) mass is 462 g/mol. The quantitative estimate of drug-likeness (QED) is 0.724. The zero-order valence-electron chi connectivity index (χ0n) is 17.8. The molecular weight excluding hydrogens is 437 g/mol. The van der Waals surface area contributed by atoms with Gasteiger partial charge in [-0.2, -0.15) is 5.10 Å². The van der Waals surface area contributed by atoms with Crippen LogP contribution in [0, 0.1) is 5.82 Å². The van der Waals surface area contributed by atoms with Gasteiger partial charge in [-0.1, -0.05) is 6.07 Å². The van der Waals surface area contributed by atoms with Gasteiger partial charge in [0.1, 0.15) is 17.7 Å². The van der Waals surface area contributed by atoms with E-state index in [0.29, 0.717) is 31.8 Å². The molecule has 33 heavy (non-hydrogen) atoms. The molecule has 0 bridgehead atoms. The molecular formula is C22H25F3N6O2. The highest BCUT2D eigenvalue weighted by atomic mass is 19.3. The number of aliphatic hydroxyl groups excluding tert-OH is 1. The first-order valence-electron chi connectivity index (χ1n) is 11.1. The van der Waals surface area contributed by atoms with Gasteiger partial charge in [-0.15, -0.1) is 0 Å². The Morgan fingerprint density at radius 2 is 2.09 bits per heavy atom. The molecule has 5 rings (SSSR count). The summed E-state index contributed by atoms with van der Waals surface area (Å²) in [6, 6.07) is 2.20. The minimum absolute atomic E-state index is 0.169. The fraction of sp³-hybridized carbons (Fsp3) is 0.500. The number of amidine groups is 1. The number of hydrogen-bond donors (Lipinski definition) is 2. The highest BCUT2D eigenvalue weighted by Gasteiger charge is 2.38. The number of aliphatic imine (C=N–C) groups is 1. The van der Waals surface area contributed by atoms with E-state index in [0.717, 1.165) is 18.6 Å². The number of hydrogen-bond acceptors (Lipinski definition) is 6. The van der Waals surface area contributed by atoms with E-state index in [-0.39, 0.29) is 23.7 Å². The van der Waals surface area contributed by atoms with E-state index in [4.69, 9.17) is 4.99 Å². The van der Waals surface area contributed by atoms with Crippen molar-refractivity contribution in [2.75, 3.05) is 19.6 Å². The van der Waals surface area contributed by atoms with Gasteiger partial charge < -0.3 is 20.2 Å². The maximum atomic E-state index is 13.9. The number of alkyl halides is 2. The molecule has 0 aliphatic carbocycles. The normalized spacial score (nSPS) is 28.6. The summed E-state index contributed by atoms with van der Waals surface area (Å²) >= 11 is 0. The van der Waals surface area contributed by atoms with E-state index in [1.54, 1.807) is 28.4 Å². The number of fused-ring (bicyclic) bond motifs is 1. The van der Waals surface area contributed by atoms with Crippen molar-refractivity contribution >= 4 is 18.1 Å². The molecule has 4 aliphatic heterocycles. The van der Waals surface area contributed by atoms with Gasteiger partial charge in [-0.3, -0.25) is 0 Å². The molecule has 176 valence electrons. The third-order valence-corrected chi connectivity index (χ3v) is 6.52. The average Bonchev–Trinajstić information content (AvgIpc) is 3.53. The highest BCUT2D eigenvalue weighted by molar-refractivity contribution is 5.95. The molecule has 2 saturated heterocycles. The van der Waals surface area contributed by atoms with Gasteiger partial charge in [0, 0.05) is 31.4 Å². The zero-order chi connectivity index (χ0) is 23.1. The van der Waals surface area contributed by atoms with Crippen LogP contribution in [0.3, 0.4) is 0 Å². The second-order valence-electron chi connectivity index (χ2n) is 8.65.